The van der Waals surface area contributed by atoms with Gasteiger partial charge in [0.05, 0.1) is 18.6 Å². The van der Waals surface area contributed by atoms with E-state index in [1.165, 1.54) is 24.9 Å². The van der Waals surface area contributed by atoms with E-state index in [1.807, 2.05) is 0 Å². The molecule has 0 atom stereocenters. The molecular weight excluding hydrogens is 360 g/mol. The van der Waals surface area contributed by atoms with E-state index < -0.39 is 11.9 Å². The molecule has 0 aliphatic heterocycles. The Hall–Kier alpha value is -2.88. The average Bonchev–Trinajstić information content (AvgIpc) is 3.04. The number of carbonyl (C=O) groups excluding carboxylic acids is 3. The Balaban J connectivity index is 1.82. The van der Waals surface area contributed by atoms with E-state index in [1.54, 1.807) is 25.1 Å². The highest BCUT2D eigenvalue weighted by atomic mass is 32.2. The van der Waals surface area contributed by atoms with Gasteiger partial charge in [0.1, 0.15) is 6.54 Å². The average molecular weight is 378 g/mol. The maximum atomic E-state index is 12.0. The number of rotatable bonds is 8. The zero-order valence-electron chi connectivity index (χ0n) is 14.3. The molecule has 0 spiro atoms. The summed E-state index contributed by atoms with van der Waals surface area (Å²) in [6.45, 7) is 1.47. The molecule has 1 aromatic heterocycles. The number of benzene rings is 1. The number of methoxy groups -OCH3 is 1. The van der Waals surface area contributed by atoms with Crippen molar-refractivity contribution in [2.24, 2.45) is 0 Å². The van der Waals surface area contributed by atoms with E-state index in [2.05, 4.69) is 25.5 Å². The van der Waals surface area contributed by atoms with Crippen LogP contribution in [0.1, 0.15) is 22.1 Å². The summed E-state index contributed by atoms with van der Waals surface area (Å²) in [6.07, 6.45) is 0. The van der Waals surface area contributed by atoms with Crippen molar-refractivity contribution >= 4 is 35.2 Å². The summed E-state index contributed by atoms with van der Waals surface area (Å²) in [5.41, 5.74) is 0.804. The van der Waals surface area contributed by atoms with E-state index in [0.717, 1.165) is 0 Å². The van der Waals surface area contributed by atoms with Crippen LogP contribution in [0.5, 0.6) is 0 Å². The van der Waals surface area contributed by atoms with Crippen LogP contribution in [-0.4, -0.2) is 47.3 Å². The molecule has 0 saturated heterocycles. The molecule has 10 heteroatoms. The molecule has 26 heavy (non-hydrogen) atoms. The first-order valence-corrected chi connectivity index (χ1v) is 8.75. The van der Waals surface area contributed by atoms with Gasteiger partial charge in [-0.2, -0.15) is 4.98 Å². The van der Waals surface area contributed by atoms with Gasteiger partial charge < -0.3 is 19.9 Å². The number of anilines is 1. The molecule has 0 saturated carbocycles. The van der Waals surface area contributed by atoms with Gasteiger partial charge in [-0.25, -0.2) is 0 Å². The first kappa shape index (κ1) is 19.4. The van der Waals surface area contributed by atoms with E-state index >= 15 is 0 Å². The van der Waals surface area contributed by atoms with Crippen LogP contribution in [0, 0.1) is 6.92 Å². The van der Waals surface area contributed by atoms with Gasteiger partial charge in [0, 0.05) is 18.2 Å². The van der Waals surface area contributed by atoms with Crippen LogP contribution in [0.4, 0.5) is 5.69 Å². The van der Waals surface area contributed by atoms with E-state index in [-0.39, 0.29) is 18.2 Å². The van der Waals surface area contributed by atoms with Crippen molar-refractivity contribution in [1.29, 1.82) is 0 Å². The third kappa shape index (κ3) is 6.20. The monoisotopic (exact) mass is 378 g/mol. The lowest BCUT2D eigenvalue weighted by molar-refractivity contribution is -0.139. The van der Waals surface area contributed by atoms with Crippen molar-refractivity contribution in [2.45, 2.75) is 12.7 Å². The molecule has 0 fully saturated rings. The summed E-state index contributed by atoms with van der Waals surface area (Å²) in [5.74, 6) is 0.469. The second-order valence-electron chi connectivity index (χ2n) is 5.11. The molecule has 0 unspecified atom stereocenters. The fourth-order valence-corrected chi connectivity index (χ4v) is 2.56. The van der Waals surface area contributed by atoms with Crippen molar-refractivity contribution in [3.63, 3.8) is 0 Å². The summed E-state index contributed by atoms with van der Waals surface area (Å²) in [7, 11) is 1.24. The van der Waals surface area contributed by atoms with Crippen LogP contribution in [0.15, 0.2) is 28.8 Å². The molecule has 2 N–H and O–H groups in total. The number of amides is 2. The number of nitrogens with zero attached hydrogens (tertiary/aromatic N) is 2. The van der Waals surface area contributed by atoms with Gasteiger partial charge in [0.15, 0.2) is 5.82 Å². The Bertz CT molecular complexity index is 792. The third-order valence-corrected chi connectivity index (χ3v) is 3.99. The number of carbonyl (C=O) groups is 3. The van der Waals surface area contributed by atoms with Crippen molar-refractivity contribution in [2.75, 3.05) is 24.7 Å². The number of thioether (sulfide) groups is 1. The lowest BCUT2D eigenvalue weighted by Crippen LogP contribution is -2.30. The molecule has 0 aliphatic carbocycles. The molecule has 1 heterocycles. The van der Waals surface area contributed by atoms with Crippen LogP contribution in [0.3, 0.4) is 0 Å². The van der Waals surface area contributed by atoms with E-state index in [0.29, 0.717) is 28.7 Å². The molecule has 138 valence electrons. The summed E-state index contributed by atoms with van der Waals surface area (Å²) >= 11 is 1.34. The minimum atomic E-state index is -0.545. The fourth-order valence-electron chi connectivity index (χ4n) is 1.90. The zero-order valence-corrected chi connectivity index (χ0v) is 15.1. The topological polar surface area (TPSA) is 123 Å². The van der Waals surface area contributed by atoms with Crippen LogP contribution < -0.4 is 10.6 Å². The Morgan fingerprint density at radius 3 is 2.81 bits per heavy atom. The van der Waals surface area contributed by atoms with Gasteiger partial charge in [-0.3, -0.25) is 14.4 Å². The fraction of sp³-hybridized carbons (Fsp3) is 0.312. The van der Waals surface area contributed by atoms with Gasteiger partial charge >= 0.3 is 5.97 Å². The van der Waals surface area contributed by atoms with Crippen LogP contribution >= 0.6 is 11.8 Å². The smallest absolute Gasteiger partial charge is 0.325 e. The largest absolute Gasteiger partial charge is 0.468 e. The maximum Gasteiger partial charge on any atom is 0.325 e. The summed E-state index contributed by atoms with van der Waals surface area (Å²) in [5, 5.41) is 8.89. The third-order valence-electron chi connectivity index (χ3n) is 3.06. The van der Waals surface area contributed by atoms with Gasteiger partial charge in [-0.05, 0) is 18.2 Å². The van der Waals surface area contributed by atoms with Crippen molar-refractivity contribution in [3.8, 4) is 0 Å². The molecule has 9 nitrogen and oxygen atoms in total. The molecule has 0 aliphatic rings. The van der Waals surface area contributed by atoms with E-state index in [9.17, 15) is 14.4 Å². The minimum Gasteiger partial charge on any atom is -0.468 e. The van der Waals surface area contributed by atoms with Crippen LogP contribution in [0.2, 0.25) is 0 Å². The van der Waals surface area contributed by atoms with Crippen molar-refractivity contribution < 1.29 is 23.6 Å². The molecule has 2 amide bonds. The van der Waals surface area contributed by atoms with Crippen molar-refractivity contribution in [1.82, 2.24) is 15.5 Å². The lowest BCUT2D eigenvalue weighted by Gasteiger charge is -2.08. The normalized spacial score (nSPS) is 10.2. The molecule has 2 aromatic rings. The number of nitrogens with one attached hydrogen (secondary N) is 2. The first-order valence-electron chi connectivity index (χ1n) is 7.60. The highest BCUT2D eigenvalue weighted by Crippen LogP contribution is 2.13. The standard InChI is InChI=1S/C16H18N4O5S/c1-10-18-13(20-25-10)8-26-9-14(21)19-12-5-3-4-11(6-12)16(23)17-7-15(22)24-2/h3-6H,7-9H2,1-2H3,(H,17,23)(H,19,21). The second-order valence-corrected chi connectivity index (χ2v) is 6.10. The summed E-state index contributed by atoms with van der Waals surface area (Å²) in [6, 6.07) is 6.41. The highest BCUT2D eigenvalue weighted by molar-refractivity contribution is 7.99. The quantitative estimate of drug-likeness (QED) is 0.656. The Morgan fingerprint density at radius 1 is 1.31 bits per heavy atom. The Morgan fingerprint density at radius 2 is 2.12 bits per heavy atom. The maximum absolute atomic E-state index is 12.0. The molecule has 0 radical (unpaired) electrons. The Labute approximate surface area is 153 Å². The van der Waals surface area contributed by atoms with Crippen molar-refractivity contribution in [3.05, 3.63) is 41.5 Å². The SMILES string of the molecule is COC(=O)CNC(=O)c1cccc(NC(=O)CSCc2noc(C)n2)c1. The summed E-state index contributed by atoms with van der Waals surface area (Å²) < 4.78 is 9.31. The zero-order chi connectivity index (χ0) is 18.9. The van der Waals surface area contributed by atoms with Crippen LogP contribution in [0.25, 0.3) is 0 Å². The second kappa shape index (κ2) is 9.56. The minimum absolute atomic E-state index is 0.201. The molecule has 1 aromatic carbocycles. The van der Waals surface area contributed by atoms with Gasteiger partial charge in [-0.1, -0.05) is 11.2 Å². The predicted octanol–water partition coefficient (Wildman–Crippen LogP) is 1.15. The molecule has 0 bridgehead atoms. The summed E-state index contributed by atoms with van der Waals surface area (Å²) in [4.78, 5) is 39.1. The van der Waals surface area contributed by atoms with Crippen LogP contribution in [-0.2, 0) is 20.1 Å². The van der Waals surface area contributed by atoms with E-state index in [4.69, 9.17) is 4.52 Å². The Kier molecular flexibility index (Phi) is 7.15. The highest BCUT2D eigenvalue weighted by Gasteiger charge is 2.10. The number of hydrogen-bond donors (Lipinski definition) is 2. The van der Waals surface area contributed by atoms with Gasteiger partial charge in [0.2, 0.25) is 11.8 Å². The molecule has 2 rings (SSSR count). The van der Waals surface area contributed by atoms with Gasteiger partial charge in [-0.15, -0.1) is 11.8 Å². The number of aryl methyl sites for hydroxylation is 1. The predicted molar refractivity (Wildman–Crippen MR) is 94.6 cm³/mol. The first-order chi connectivity index (χ1) is 12.5. The number of aromatic nitrogens is 2. The number of esters is 1. The lowest BCUT2D eigenvalue weighted by atomic mass is 10.2. The number of ether oxygens (including phenoxy) is 1. The van der Waals surface area contributed by atoms with Gasteiger partial charge in [0.25, 0.3) is 5.91 Å². The molecular formula is C16H18N4O5S. The number of hydrogen-bond acceptors (Lipinski definition) is 8.